The van der Waals surface area contributed by atoms with Crippen LogP contribution < -0.4 is 4.90 Å². The van der Waals surface area contributed by atoms with Crippen LogP contribution in [0.1, 0.15) is 89.2 Å². The third-order valence-corrected chi connectivity index (χ3v) is 7.20. The highest BCUT2D eigenvalue weighted by molar-refractivity contribution is 5.98. The number of ether oxygens (including phenoxy) is 4. The Balaban J connectivity index is 1.75. The van der Waals surface area contributed by atoms with Gasteiger partial charge in [0.15, 0.2) is 5.79 Å². The zero-order chi connectivity index (χ0) is 28.7. The number of aliphatic hydroxyl groups excluding tert-OH is 1. The summed E-state index contributed by atoms with van der Waals surface area (Å²) in [7, 11) is 0. The van der Waals surface area contributed by atoms with E-state index in [1.54, 1.807) is 11.0 Å². The molecule has 1 N–H and O–H groups in total. The molecule has 214 valence electrons. The molecule has 1 aromatic rings. The summed E-state index contributed by atoms with van der Waals surface area (Å²) in [5, 5.41) is 10.9. The summed E-state index contributed by atoms with van der Waals surface area (Å²) >= 11 is 0. The highest BCUT2D eigenvalue weighted by atomic mass is 16.8. The van der Waals surface area contributed by atoms with Gasteiger partial charge in [-0.05, 0) is 91.0 Å². The molecule has 0 bridgehead atoms. The number of amides is 1. The van der Waals surface area contributed by atoms with Gasteiger partial charge in [0.2, 0.25) is 0 Å². The predicted molar refractivity (Wildman–Crippen MR) is 150 cm³/mol. The maximum atomic E-state index is 13.5. The van der Waals surface area contributed by atoms with Crippen molar-refractivity contribution in [2.24, 2.45) is 5.92 Å². The van der Waals surface area contributed by atoms with Crippen LogP contribution in [-0.4, -0.2) is 59.0 Å². The van der Waals surface area contributed by atoms with E-state index >= 15 is 0 Å². The maximum absolute atomic E-state index is 13.5. The van der Waals surface area contributed by atoms with E-state index in [9.17, 15) is 14.7 Å². The minimum Gasteiger partial charge on any atom is -0.458 e. The average molecular weight is 542 g/mol. The largest absolute Gasteiger partial charge is 0.458 e. The molecular formula is C31H43NO7. The summed E-state index contributed by atoms with van der Waals surface area (Å²) in [5.74, 6) is -1.40. The SMILES string of the molecule is Cc1cc(N(C(=O)OC(C)(C)C)C2CC2)cc2c1C(=O)O[C@@H](C)[C@H](C)/C=C\C(O)[C@H]1OC(C)(C)O[C@H]1CC=C2. The summed E-state index contributed by atoms with van der Waals surface area (Å²) in [6.45, 7) is 14.8. The van der Waals surface area contributed by atoms with Crippen LogP contribution in [0.5, 0.6) is 0 Å². The van der Waals surface area contributed by atoms with E-state index in [2.05, 4.69) is 0 Å². The van der Waals surface area contributed by atoms with Crippen LogP contribution in [0, 0.1) is 12.8 Å². The number of nitrogens with zero attached hydrogens (tertiary/aromatic N) is 1. The van der Waals surface area contributed by atoms with Crippen LogP contribution >= 0.6 is 0 Å². The molecule has 0 aromatic heterocycles. The van der Waals surface area contributed by atoms with E-state index in [4.69, 9.17) is 18.9 Å². The number of aryl methyl sites for hydroxylation is 1. The summed E-state index contributed by atoms with van der Waals surface area (Å²) in [6, 6.07) is 3.77. The summed E-state index contributed by atoms with van der Waals surface area (Å²) in [5.41, 5.74) is 1.86. The standard InChI is InChI=1S/C31H43NO7/c1-18-12-15-24(33)27-25(37-31(7,8)38-27)11-9-10-21-17-23(16-19(2)26(21)28(34)36-20(18)3)32(22-13-14-22)29(35)39-30(4,5)6/h9-10,12,15-18,20,22,24-25,27,33H,11,13-14H2,1-8H3/b10-9?,15-12-/t18-,20+,24?,25+,27-/m1/s1. The highest BCUT2D eigenvalue weighted by Crippen LogP contribution is 2.37. The molecule has 1 saturated heterocycles. The fraction of sp³-hybridized carbons (Fsp3) is 0.613. The number of carbonyl (C=O) groups excluding carboxylic acids is 2. The van der Waals surface area contributed by atoms with Crippen LogP contribution in [0.3, 0.4) is 0 Å². The second-order valence-corrected chi connectivity index (χ2v) is 12.4. The molecule has 3 aliphatic rings. The first kappa shape index (κ1) is 29.3. The van der Waals surface area contributed by atoms with Crippen LogP contribution in [-0.2, 0) is 18.9 Å². The molecule has 1 aliphatic carbocycles. The van der Waals surface area contributed by atoms with Gasteiger partial charge in [0.1, 0.15) is 23.9 Å². The molecule has 39 heavy (non-hydrogen) atoms. The Labute approximate surface area is 231 Å². The number of carbonyl (C=O) groups is 2. The monoisotopic (exact) mass is 541 g/mol. The van der Waals surface area contributed by atoms with E-state index < -0.39 is 41.8 Å². The van der Waals surface area contributed by atoms with Crippen molar-refractivity contribution in [1.29, 1.82) is 0 Å². The lowest BCUT2D eigenvalue weighted by Gasteiger charge is -2.28. The van der Waals surface area contributed by atoms with E-state index in [1.165, 1.54) is 0 Å². The predicted octanol–water partition coefficient (Wildman–Crippen LogP) is 5.93. The van der Waals surface area contributed by atoms with Crippen LogP contribution in [0.2, 0.25) is 0 Å². The van der Waals surface area contributed by atoms with Gasteiger partial charge >= 0.3 is 12.1 Å². The Morgan fingerprint density at radius 2 is 1.82 bits per heavy atom. The molecule has 1 aromatic carbocycles. The van der Waals surface area contributed by atoms with Gasteiger partial charge in [0.25, 0.3) is 0 Å². The van der Waals surface area contributed by atoms with Gasteiger partial charge in [0, 0.05) is 17.6 Å². The van der Waals surface area contributed by atoms with E-state index in [0.29, 0.717) is 28.8 Å². The van der Waals surface area contributed by atoms with E-state index in [-0.39, 0.29) is 18.1 Å². The van der Waals surface area contributed by atoms with Crippen molar-refractivity contribution in [2.45, 2.75) is 116 Å². The number of aliphatic hydroxyl groups is 1. The van der Waals surface area contributed by atoms with Crippen molar-refractivity contribution in [3.8, 4) is 0 Å². The lowest BCUT2D eigenvalue weighted by Crippen LogP contribution is -2.38. The van der Waals surface area contributed by atoms with Gasteiger partial charge in [-0.15, -0.1) is 0 Å². The zero-order valence-electron chi connectivity index (χ0n) is 24.4. The molecule has 0 radical (unpaired) electrons. The molecule has 8 heteroatoms. The number of anilines is 1. The first-order chi connectivity index (χ1) is 18.1. The third-order valence-electron chi connectivity index (χ3n) is 7.20. The zero-order valence-corrected chi connectivity index (χ0v) is 24.4. The van der Waals surface area contributed by atoms with Crippen molar-refractivity contribution < 1.29 is 33.6 Å². The van der Waals surface area contributed by atoms with Crippen molar-refractivity contribution in [1.82, 2.24) is 0 Å². The van der Waals surface area contributed by atoms with Crippen molar-refractivity contribution in [3.05, 3.63) is 47.1 Å². The third kappa shape index (κ3) is 7.10. The topological polar surface area (TPSA) is 94.5 Å². The van der Waals surface area contributed by atoms with E-state index in [1.807, 2.05) is 85.8 Å². The molecule has 1 amide bonds. The first-order valence-electron chi connectivity index (χ1n) is 13.9. The fourth-order valence-corrected chi connectivity index (χ4v) is 5.01. The molecule has 2 heterocycles. The van der Waals surface area contributed by atoms with Gasteiger partial charge in [-0.1, -0.05) is 31.2 Å². The second-order valence-electron chi connectivity index (χ2n) is 12.4. The molecular weight excluding hydrogens is 498 g/mol. The molecule has 2 fully saturated rings. The molecule has 8 nitrogen and oxygen atoms in total. The Bertz CT molecular complexity index is 1140. The van der Waals surface area contributed by atoms with Crippen LogP contribution in [0.4, 0.5) is 10.5 Å². The van der Waals surface area contributed by atoms with Gasteiger partial charge in [-0.2, -0.15) is 0 Å². The molecule has 1 unspecified atom stereocenters. The Morgan fingerprint density at radius 3 is 2.46 bits per heavy atom. The lowest BCUT2D eigenvalue weighted by atomic mass is 9.97. The highest BCUT2D eigenvalue weighted by Gasteiger charge is 2.43. The second kappa shape index (κ2) is 11.1. The summed E-state index contributed by atoms with van der Waals surface area (Å²) < 4.78 is 23.8. The summed E-state index contributed by atoms with van der Waals surface area (Å²) in [6.07, 6.45) is 6.95. The molecule has 4 rings (SSSR count). The summed E-state index contributed by atoms with van der Waals surface area (Å²) in [4.78, 5) is 28.3. The molecule has 1 saturated carbocycles. The number of rotatable bonds is 2. The van der Waals surface area contributed by atoms with Gasteiger partial charge in [-0.3, -0.25) is 4.90 Å². The lowest BCUT2D eigenvalue weighted by molar-refractivity contribution is -0.152. The number of fused-ring (bicyclic) bond motifs is 2. The minimum absolute atomic E-state index is 0.0629. The van der Waals surface area contributed by atoms with Crippen molar-refractivity contribution in [3.63, 3.8) is 0 Å². The number of hydrogen-bond donors (Lipinski definition) is 1. The Morgan fingerprint density at radius 1 is 1.13 bits per heavy atom. The van der Waals surface area contributed by atoms with Crippen molar-refractivity contribution >= 4 is 23.8 Å². The molecule has 2 aliphatic heterocycles. The van der Waals surface area contributed by atoms with Gasteiger partial charge < -0.3 is 24.1 Å². The number of hydrogen-bond acceptors (Lipinski definition) is 7. The number of esters is 1. The minimum atomic E-state index is -0.875. The Kier molecular flexibility index (Phi) is 8.31. The van der Waals surface area contributed by atoms with Gasteiger partial charge in [-0.25, -0.2) is 9.59 Å². The quantitative estimate of drug-likeness (QED) is 0.366. The average Bonchev–Trinajstić information content (AvgIpc) is 3.57. The van der Waals surface area contributed by atoms with Crippen molar-refractivity contribution in [2.75, 3.05) is 4.90 Å². The van der Waals surface area contributed by atoms with Gasteiger partial charge in [0.05, 0.1) is 11.7 Å². The normalized spacial score (nSPS) is 30.0. The number of cyclic esters (lactones) is 1. The first-order valence-corrected chi connectivity index (χ1v) is 13.9. The van der Waals surface area contributed by atoms with E-state index in [0.717, 1.165) is 12.8 Å². The number of benzene rings is 1. The smallest absolute Gasteiger partial charge is 0.415 e. The van der Waals surface area contributed by atoms with Crippen LogP contribution in [0.15, 0.2) is 30.4 Å². The maximum Gasteiger partial charge on any atom is 0.415 e. The molecule has 0 spiro atoms. The van der Waals surface area contributed by atoms with Crippen LogP contribution in [0.25, 0.3) is 6.08 Å². The fourth-order valence-electron chi connectivity index (χ4n) is 5.01. The Hall–Kier alpha value is -2.68. The molecule has 5 atom stereocenters.